The van der Waals surface area contributed by atoms with Crippen molar-refractivity contribution in [3.8, 4) is 0 Å². The van der Waals surface area contributed by atoms with Crippen molar-refractivity contribution in [2.45, 2.75) is 33.8 Å². The molecule has 0 aromatic carbocycles. The highest BCUT2D eigenvalue weighted by Gasteiger charge is 2.28. The Morgan fingerprint density at radius 1 is 1.30 bits per heavy atom. The molecule has 2 nitrogen and oxygen atoms in total. The number of aliphatic hydroxyl groups excluding tert-OH is 2. The van der Waals surface area contributed by atoms with Gasteiger partial charge in [-0.2, -0.15) is 0 Å². The van der Waals surface area contributed by atoms with Crippen LogP contribution in [0.15, 0.2) is 0 Å². The van der Waals surface area contributed by atoms with Gasteiger partial charge in [-0.3, -0.25) is 0 Å². The minimum Gasteiger partial charge on any atom is -0.396 e. The molecule has 1 atom stereocenters. The first-order valence-electron chi connectivity index (χ1n) is 3.70. The number of hydrogen-bond acceptors (Lipinski definition) is 2. The minimum absolute atomic E-state index is 0.0341. The molecule has 0 spiro atoms. The van der Waals surface area contributed by atoms with E-state index in [2.05, 4.69) is 0 Å². The van der Waals surface area contributed by atoms with Crippen molar-refractivity contribution >= 4 is 0 Å². The number of aliphatic hydroxyl groups is 2. The minimum atomic E-state index is -0.419. The van der Waals surface area contributed by atoms with E-state index in [1.165, 1.54) is 0 Å². The van der Waals surface area contributed by atoms with Crippen LogP contribution in [0.4, 0.5) is 0 Å². The first kappa shape index (κ1) is 9.92. The SMILES string of the molecule is CC(C)C(O)C(C)(C)CO. The van der Waals surface area contributed by atoms with Gasteiger partial charge in [-0.15, -0.1) is 0 Å². The molecule has 2 heteroatoms. The molecule has 62 valence electrons. The molecular formula is C8H18O2. The molecule has 0 rings (SSSR count). The Kier molecular flexibility index (Phi) is 3.33. The topological polar surface area (TPSA) is 40.5 Å². The fourth-order valence-electron chi connectivity index (χ4n) is 0.996. The zero-order chi connectivity index (χ0) is 8.36. The van der Waals surface area contributed by atoms with Gasteiger partial charge in [0, 0.05) is 5.41 Å². The molecule has 0 aromatic rings. The fourth-order valence-corrected chi connectivity index (χ4v) is 0.996. The summed E-state index contributed by atoms with van der Waals surface area (Å²) in [7, 11) is 0. The standard InChI is InChI=1S/C8H18O2/c1-6(2)7(10)8(3,4)5-9/h6-7,9-10H,5H2,1-4H3. The Morgan fingerprint density at radius 3 is 1.80 bits per heavy atom. The van der Waals surface area contributed by atoms with Crippen molar-refractivity contribution in [3.05, 3.63) is 0 Å². The highest BCUT2D eigenvalue weighted by molar-refractivity contribution is 4.78. The van der Waals surface area contributed by atoms with E-state index in [0.717, 1.165) is 0 Å². The monoisotopic (exact) mass is 146 g/mol. The van der Waals surface area contributed by atoms with E-state index in [-0.39, 0.29) is 17.9 Å². The summed E-state index contributed by atoms with van der Waals surface area (Å²) in [5, 5.41) is 18.3. The van der Waals surface area contributed by atoms with Gasteiger partial charge >= 0.3 is 0 Å². The van der Waals surface area contributed by atoms with Gasteiger partial charge in [0.2, 0.25) is 0 Å². The van der Waals surface area contributed by atoms with Crippen molar-refractivity contribution in [2.75, 3.05) is 6.61 Å². The van der Waals surface area contributed by atoms with Crippen LogP contribution >= 0.6 is 0 Å². The van der Waals surface area contributed by atoms with Gasteiger partial charge in [-0.1, -0.05) is 27.7 Å². The maximum atomic E-state index is 9.49. The second-order valence-corrected chi connectivity index (χ2v) is 3.84. The summed E-state index contributed by atoms with van der Waals surface area (Å²) in [6.07, 6.45) is -0.419. The lowest BCUT2D eigenvalue weighted by atomic mass is 9.82. The average molecular weight is 146 g/mol. The molecule has 0 saturated heterocycles. The van der Waals surface area contributed by atoms with Crippen LogP contribution in [-0.2, 0) is 0 Å². The smallest absolute Gasteiger partial charge is 0.0635 e. The predicted molar refractivity (Wildman–Crippen MR) is 41.7 cm³/mol. The molecule has 2 N–H and O–H groups in total. The zero-order valence-corrected chi connectivity index (χ0v) is 7.26. The summed E-state index contributed by atoms with van der Waals surface area (Å²) in [5.74, 6) is 0.210. The van der Waals surface area contributed by atoms with Crippen LogP contribution in [0.25, 0.3) is 0 Å². The average Bonchev–Trinajstić information content (AvgIpc) is 1.86. The van der Waals surface area contributed by atoms with Crippen molar-refractivity contribution < 1.29 is 10.2 Å². The van der Waals surface area contributed by atoms with Crippen LogP contribution in [0.2, 0.25) is 0 Å². The van der Waals surface area contributed by atoms with E-state index in [1.54, 1.807) is 0 Å². The molecule has 1 unspecified atom stereocenters. The van der Waals surface area contributed by atoms with E-state index in [1.807, 2.05) is 27.7 Å². The zero-order valence-electron chi connectivity index (χ0n) is 7.26. The Morgan fingerprint density at radius 2 is 1.70 bits per heavy atom. The van der Waals surface area contributed by atoms with Crippen molar-refractivity contribution in [3.63, 3.8) is 0 Å². The second kappa shape index (κ2) is 3.35. The van der Waals surface area contributed by atoms with E-state index >= 15 is 0 Å². The highest BCUT2D eigenvalue weighted by atomic mass is 16.3. The van der Waals surface area contributed by atoms with E-state index < -0.39 is 6.10 Å². The van der Waals surface area contributed by atoms with Gasteiger partial charge in [0.15, 0.2) is 0 Å². The molecule has 0 aliphatic carbocycles. The summed E-state index contributed by atoms with van der Waals surface area (Å²) in [5.41, 5.74) is -0.367. The predicted octanol–water partition coefficient (Wildman–Crippen LogP) is 1.02. The summed E-state index contributed by atoms with van der Waals surface area (Å²) in [6.45, 7) is 7.64. The molecule has 0 aromatic heterocycles. The van der Waals surface area contributed by atoms with Crippen LogP contribution in [0.3, 0.4) is 0 Å². The Hall–Kier alpha value is -0.0800. The van der Waals surface area contributed by atoms with Crippen LogP contribution in [0.5, 0.6) is 0 Å². The summed E-state index contributed by atoms with van der Waals surface area (Å²) in [4.78, 5) is 0. The molecule has 0 aliphatic rings. The largest absolute Gasteiger partial charge is 0.396 e. The van der Waals surface area contributed by atoms with Gasteiger partial charge in [0.05, 0.1) is 12.7 Å². The molecule has 0 bridgehead atoms. The Balaban J connectivity index is 4.03. The van der Waals surface area contributed by atoms with Crippen LogP contribution in [0.1, 0.15) is 27.7 Å². The maximum Gasteiger partial charge on any atom is 0.0635 e. The second-order valence-electron chi connectivity index (χ2n) is 3.84. The lowest BCUT2D eigenvalue weighted by Crippen LogP contribution is -2.36. The first-order chi connectivity index (χ1) is 4.41. The van der Waals surface area contributed by atoms with E-state index in [4.69, 9.17) is 5.11 Å². The number of hydrogen-bond donors (Lipinski definition) is 2. The Labute approximate surface area is 62.9 Å². The Bertz CT molecular complexity index is 97.4. The third-order valence-electron chi connectivity index (χ3n) is 1.84. The third-order valence-corrected chi connectivity index (χ3v) is 1.84. The summed E-state index contributed by atoms with van der Waals surface area (Å²) in [6, 6.07) is 0. The molecule has 0 heterocycles. The van der Waals surface area contributed by atoms with Crippen LogP contribution in [-0.4, -0.2) is 22.9 Å². The van der Waals surface area contributed by atoms with Crippen molar-refractivity contribution in [1.82, 2.24) is 0 Å². The summed E-state index contributed by atoms with van der Waals surface area (Å²) < 4.78 is 0. The van der Waals surface area contributed by atoms with Gasteiger partial charge in [-0.25, -0.2) is 0 Å². The lowest BCUT2D eigenvalue weighted by molar-refractivity contribution is -0.0204. The van der Waals surface area contributed by atoms with Crippen molar-refractivity contribution in [1.29, 1.82) is 0 Å². The third kappa shape index (κ3) is 2.27. The fraction of sp³-hybridized carbons (Fsp3) is 1.00. The molecule has 0 amide bonds. The molecule has 0 fully saturated rings. The molecule has 0 aliphatic heterocycles. The normalized spacial score (nSPS) is 15.9. The highest BCUT2D eigenvalue weighted by Crippen LogP contribution is 2.24. The van der Waals surface area contributed by atoms with E-state index in [9.17, 15) is 5.11 Å². The molecular weight excluding hydrogens is 128 g/mol. The van der Waals surface area contributed by atoms with Gasteiger partial charge in [0.25, 0.3) is 0 Å². The molecule has 10 heavy (non-hydrogen) atoms. The van der Waals surface area contributed by atoms with E-state index in [0.29, 0.717) is 0 Å². The molecule has 0 radical (unpaired) electrons. The first-order valence-corrected chi connectivity index (χ1v) is 3.70. The summed E-state index contributed by atoms with van der Waals surface area (Å²) >= 11 is 0. The van der Waals surface area contributed by atoms with Gasteiger partial charge in [-0.05, 0) is 5.92 Å². The number of rotatable bonds is 3. The quantitative estimate of drug-likeness (QED) is 0.624. The molecule has 0 saturated carbocycles. The van der Waals surface area contributed by atoms with Crippen LogP contribution < -0.4 is 0 Å². The lowest BCUT2D eigenvalue weighted by Gasteiger charge is -2.30. The van der Waals surface area contributed by atoms with Gasteiger partial charge < -0.3 is 10.2 Å². The van der Waals surface area contributed by atoms with Crippen LogP contribution in [0, 0.1) is 11.3 Å². The van der Waals surface area contributed by atoms with Gasteiger partial charge in [0.1, 0.15) is 0 Å². The van der Waals surface area contributed by atoms with Crippen molar-refractivity contribution in [2.24, 2.45) is 11.3 Å². The maximum absolute atomic E-state index is 9.49.